The molecule has 0 bridgehead atoms. The van der Waals surface area contributed by atoms with E-state index in [2.05, 4.69) is 13.8 Å². The molecule has 2 heterocycles. The lowest BCUT2D eigenvalue weighted by Crippen LogP contribution is -2.61. The van der Waals surface area contributed by atoms with E-state index in [1.807, 2.05) is 0 Å². The fraction of sp³-hybridized carbons (Fsp3) is 0.947. The van der Waals surface area contributed by atoms with Crippen LogP contribution in [0.25, 0.3) is 0 Å². The Bertz CT molecular complexity index is 955. The van der Waals surface area contributed by atoms with E-state index in [0.717, 1.165) is 51.4 Å². The van der Waals surface area contributed by atoms with Crippen LogP contribution in [0, 0.1) is 0 Å². The number of hydrogen-bond donors (Lipinski definition) is 7. The number of aliphatic hydroxyl groups is 7. The first-order chi connectivity index (χ1) is 25.5. The molecule has 0 saturated carbocycles. The van der Waals surface area contributed by atoms with Gasteiger partial charge in [-0.2, -0.15) is 0 Å². The number of ether oxygens (including phenoxy) is 6. The van der Waals surface area contributed by atoms with Crippen LogP contribution in [0.15, 0.2) is 0 Å². The summed E-state index contributed by atoms with van der Waals surface area (Å²) in [4.78, 5) is 25.3. The van der Waals surface area contributed by atoms with Gasteiger partial charge in [-0.3, -0.25) is 9.59 Å². The Kier molecular flexibility index (Phi) is 25.2. The van der Waals surface area contributed by atoms with Crippen molar-refractivity contribution in [3.05, 3.63) is 0 Å². The summed E-state index contributed by atoms with van der Waals surface area (Å²) in [5, 5.41) is 71.5. The topological polar surface area (TPSA) is 231 Å². The zero-order valence-corrected chi connectivity index (χ0v) is 32.0. The van der Waals surface area contributed by atoms with E-state index in [4.69, 9.17) is 28.4 Å². The minimum absolute atomic E-state index is 0.168. The number of aliphatic hydroxyl groups excluding tert-OH is 7. The Balaban J connectivity index is 1.90. The lowest BCUT2D eigenvalue weighted by molar-refractivity contribution is -0.332. The van der Waals surface area contributed by atoms with E-state index in [-0.39, 0.29) is 26.1 Å². The third-order valence-corrected chi connectivity index (χ3v) is 9.84. The van der Waals surface area contributed by atoms with Gasteiger partial charge in [0.1, 0.15) is 55.4 Å². The maximum atomic E-state index is 12.7. The SMILES string of the molecule is CCCCCCCCCCCCC(=O)OC[C@H](CO[C@@H]1O[C@H](CO[C@@H]2O[C@H](CO)[C@H](O)C(O)C2O)[C@H](O)C(O)C1O)OC(=O)CCCCCCCCC. The number of unbranched alkanes of at least 4 members (excludes halogenated alkanes) is 15. The highest BCUT2D eigenvalue weighted by atomic mass is 16.7. The highest BCUT2D eigenvalue weighted by molar-refractivity contribution is 5.70. The Morgan fingerprint density at radius 2 is 0.962 bits per heavy atom. The Morgan fingerprint density at radius 1 is 0.528 bits per heavy atom. The average Bonchev–Trinajstić information content (AvgIpc) is 3.15. The summed E-state index contributed by atoms with van der Waals surface area (Å²) in [5.74, 6) is -0.931. The summed E-state index contributed by atoms with van der Waals surface area (Å²) >= 11 is 0. The van der Waals surface area contributed by atoms with Crippen LogP contribution in [0.2, 0.25) is 0 Å². The van der Waals surface area contributed by atoms with Crippen molar-refractivity contribution in [2.45, 2.75) is 203 Å². The van der Waals surface area contributed by atoms with Crippen molar-refractivity contribution in [1.29, 1.82) is 0 Å². The van der Waals surface area contributed by atoms with Crippen molar-refractivity contribution >= 4 is 11.9 Å². The fourth-order valence-corrected chi connectivity index (χ4v) is 6.39. The van der Waals surface area contributed by atoms with Crippen molar-refractivity contribution in [3.8, 4) is 0 Å². The zero-order valence-electron chi connectivity index (χ0n) is 32.0. The molecule has 2 aliphatic heterocycles. The molecule has 2 rings (SSSR count). The lowest BCUT2D eigenvalue weighted by atomic mass is 9.98. The van der Waals surface area contributed by atoms with Gasteiger partial charge >= 0.3 is 11.9 Å². The summed E-state index contributed by atoms with van der Waals surface area (Å²) in [5.41, 5.74) is 0. The summed E-state index contributed by atoms with van der Waals surface area (Å²) in [6.45, 7) is 2.48. The second kappa shape index (κ2) is 28.0. The monoisotopic (exact) mass is 766 g/mol. The normalized spacial score (nSPS) is 29.5. The van der Waals surface area contributed by atoms with E-state index in [9.17, 15) is 45.3 Å². The number of carbonyl (C=O) groups excluding carboxylic acids is 2. The lowest BCUT2D eigenvalue weighted by Gasteiger charge is -2.42. The molecule has 53 heavy (non-hydrogen) atoms. The molecule has 0 aliphatic carbocycles. The molecule has 0 aromatic heterocycles. The minimum atomic E-state index is -1.76. The van der Waals surface area contributed by atoms with Crippen LogP contribution in [0.5, 0.6) is 0 Å². The first-order valence-electron chi connectivity index (χ1n) is 20.1. The Hall–Kier alpha value is -1.50. The van der Waals surface area contributed by atoms with Crippen molar-refractivity contribution in [1.82, 2.24) is 0 Å². The van der Waals surface area contributed by atoms with Gasteiger partial charge in [0, 0.05) is 12.8 Å². The highest BCUT2D eigenvalue weighted by Gasteiger charge is 2.47. The fourth-order valence-electron chi connectivity index (χ4n) is 6.39. The average molecular weight is 767 g/mol. The molecule has 312 valence electrons. The zero-order chi connectivity index (χ0) is 39.0. The summed E-state index contributed by atoms with van der Waals surface area (Å²) in [7, 11) is 0. The van der Waals surface area contributed by atoms with Gasteiger partial charge in [-0.05, 0) is 12.8 Å². The molecule has 0 aromatic carbocycles. The van der Waals surface area contributed by atoms with E-state index in [1.54, 1.807) is 0 Å². The van der Waals surface area contributed by atoms with Gasteiger partial charge in [0.25, 0.3) is 0 Å². The van der Waals surface area contributed by atoms with Crippen LogP contribution in [0.3, 0.4) is 0 Å². The number of esters is 2. The summed E-state index contributed by atoms with van der Waals surface area (Å²) in [6, 6.07) is 0. The molecule has 0 radical (unpaired) electrons. The quantitative estimate of drug-likeness (QED) is 0.0429. The predicted octanol–water partition coefficient (Wildman–Crippen LogP) is 2.53. The maximum absolute atomic E-state index is 12.7. The van der Waals surface area contributed by atoms with Crippen molar-refractivity contribution < 1.29 is 73.8 Å². The van der Waals surface area contributed by atoms with Crippen LogP contribution < -0.4 is 0 Å². The second-order valence-electron chi connectivity index (χ2n) is 14.5. The summed E-state index contributed by atoms with van der Waals surface area (Å²) < 4.78 is 33.2. The standard InChI is InChI=1S/C38H70O15/c1-3-5-7-9-11-12-13-15-16-18-20-29(40)48-23-26(51-30(41)21-19-17-14-10-8-6-4-2)24-49-37-36(47)34(45)32(43)28(53-37)25-50-38-35(46)33(44)31(42)27(22-39)52-38/h26-28,31-39,42-47H,3-25H2,1-2H3/t26-,27-,28-,31+,32+,33?,34?,35?,36?,37-,38-/m1/s1. The third-order valence-electron chi connectivity index (χ3n) is 9.84. The molecule has 0 aromatic rings. The number of hydrogen-bond acceptors (Lipinski definition) is 15. The molecular weight excluding hydrogens is 696 g/mol. The van der Waals surface area contributed by atoms with Crippen LogP contribution in [0.1, 0.15) is 136 Å². The van der Waals surface area contributed by atoms with Crippen molar-refractivity contribution in [2.75, 3.05) is 26.4 Å². The van der Waals surface area contributed by atoms with Crippen LogP contribution in [-0.2, 0) is 38.0 Å². The van der Waals surface area contributed by atoms with Gasteiger partial charge in [-0.15, -0.1) is 0 Å². The Morgan fingerprint density at radius 3 is 1.47 bits per heavy atom. The molecule has 0 amide bonds. The molecule has 11 atom stereocenters. The second-order valence-corrected chi connectivity index (χ2v) is 14.5. The smallest absolute Gasteiger partial charge is 0.306 e. The van der Waals surface area contributed by atoms with E-state index < -0.39 is 92.7 Å². The first-order valence-corrected chi connectivity index (χ1v) is 20.1. The number of carbonyl (C=O) groups is 2. The van der Waals surface area contributed by atoms with Gasteiger partial charge in [-0.25, -0.2) is 0 Å². The molecule has 4 unspecified atom stereocenters. The molecule has 7 N–H and O–H groups in total. The maximum Gasteiger partial charge on any atom is 0.306 e. The predicted molar refractivity (Wildman–Crippen MR) is 192 cm³/mol. The van der Waals surface area contributed by atoms with Gasteiger partial charge < -0.3 is 64.2 Å². The van der Waals surface area contributed by atoms with E-state index in [0.29, 0.717) is 12.8 Å². The largest absolute Gasteiger partial charge is 0.462 e. The van der Waals surface area contributed by atoms with Crippen molar-refractivity contribution in [3.63, 3.8) is 0 Å². The van der Waals surface area contributed by atoms with Gasteiger partial charge in [-0.1, -0.05) is 110 Å². The number of rotatable bonds is 29. The molecule has 15 nitrogen and oxygen atoms in total. The molecule has 2 saturated heterocycles. The molecule has 15 heteroatoms. The Labute approximate surface area is 315 Å². The molecule has 2 fully saturated rings. The third kappa shape index (κ3) is 18.3. The van der Waals surface area contributed by atoms with Crippen LogP contribution in [-0.4, -0.2) is 142 Å². The van der Waals surface area contributed by atoms with Gasteiger partial charge in [0.2, 0.25) is 0 Å². The van der Waals surface area contributed by atoms with Crippen molar-refractivity contribution in [2.24, 2.45) is 0 Å². The van der Waals surface area contributed by atoms with Gasteiger partial charge in [0.05, 0.1) is 19.8 Å². The van der Waals surface area contributed by atoms with E-state index >= 15 is 0 Å². The molecule has 2 aliphatic rings. The molecule has 0 spiro atoms. The summed E-state index contributed by atoms with van der Waals surface area (Å²) in [6.07, 6.45) is 1.98. The highest BCUT2D eigenvalue weighted by Crippen LogP contribution is 2.26. The first kappa shape index (κ1) is 47.7. The van der Waals surface area contributed by atoms with Crippen LogP contribution in [0.4, 0.5) is 0 Å². The minimum Gasteiger partial charge on any atom is -0.462 e. The molecular formula is C38H70O15. The van der Waals surface area contributed by atoms with Gasteiger partial charge in [0.15, 0.2) is 18.7 Å². The van der Waals surface area contributed by atoms with E-state index in [1.165, 1.54) is 44.9 Å². The van der Waals surface area contributed by atoms with Crippen LogP contribution >= 0.6 is 0 Å².